The molecule has 1 aliphatic heterocycles. The van der Waals surface area contributed by atoms with Gasteiger partial charge in [-0.3, -0.25) is 34.1 Å². The lowest BCUT2D eigenvalue weighted by atomic mass is 9.73. The molecule has 5 rings (SSSR count). The van der Waals surface area contributed by atoms with Gasteiger partial charge in [0, 0.05) is 48.2 Å². The molecule has 17 heteroatoms. The van der Waals surface area contributed by atoms with Gasteiger partial charge >= 0.3 is 12.1 Å². The van der Waals surface area contributed by atoms with Gasteiger partial charge in [0.2, 0.25) is 35.4 Å². The molecule has 7 amide bonds. The van der Waals surface area contributed by atoms with Crippen LogP contribution in [0.4, 0.5) is 21.9 Å². The number of carboxylic acid groups (broad SMARTS) is 1. The summed E-state index contributed by atoms with van der Waals surface area (Å²) in [5, 5.41) is 23.6. The molecule has 0 saturated heterocycles. The SMILES string of the molecule is C/C(=C\[C@H](C(C)C)N(C)C(=O)[C@@H](NC(=O)[C@H](C)C(C)(C)c1cccc(NC(=O)OCc2ccc(NC(=O)[C@H](C)NC(=O)[C@@H](NC(=O)CCCCC(=O)N3Cc4ccccc4/C=C\c4ccccc43)C(C)C)cc2)c1)C(C)(C)C)C(=O)O. The number of carbonyl (C=O) groups is 8. The first-order chi connectivity index (χ1) is 38.1. The van der Waals surface area contributed by atoms with Crippen LogP contribution in [0.1, 0.15) is 137 Å². The molecule has 17 nitrogen and oxygen atoms in total. The Kier molecular flexibility index (Phi) is 22.3. The number of amides is 7. The fourth-order valence-electron chi connectivity index (χ4n) is 9.38. The zero-order valence-electron chi connectivity index (χ0n) is 49.3. The summed E-state index contributed by atoms with van der Waals surface area (Å²) in [6.45, 7) is 21.9. The van der Waals surface area contributed by atoms with Gasteiger partial charge in [0.1, 0.15) is 24.7 Å². The molecule has 1 aliphatic rings. The normalized spacial score (nSPS) is 14.8. The summed E-state index contributed by atoms with van der Waals surface area (Å²) in [5.74, 6) is -4.17. The van der Waals surface area contributed by atoms with Crippen molar-refractivity contribution < 1.29 is 48.2 Å². The molecule has 0 aliphatic carbocycles. The van der Waals surface area contributed by atoms with Gasteiger partial charge in [0.15, 0.2) is 0 Å². The Bertz CT molecular complexity index is 2970. The fraction of sp³-hybridized carbons (Fsp3) is 0.438. The summed E-state index contributed by atoms with van der Waals surface area (Å²) in [7, 11) is 1.62. The molecule has 1 heterocycles. The van der Waals surface area contributed by atoms with Crippen LogP contribution in [0, 0.1) is 23.2 Å². The predicted octanol–water partition coefficient (Wildman–Crippen LogP) is 10.3. The molecule has 4 aromatic rings. The number of carboxylic acids is 1. The van der Waals surface area contributed by atoms with Gasteiger partial charge in [-0.1, -0.05) is 154 Å². The van der Waals surface area contributed by atoms with Crippen LogP contribution in [0.2, 0.25) is 0 Å². The summed E-state index contributed by atoms with van der Waals surface area (Å²) >= 11 is 0. The van der Waals surface area contributed by atoms with Crippen LogP contribution in [-0.2, 0) is 56.9 Å². The van der Waals surface area contributed by atoms with Crippen LogP contribution < -0.4 is 31.5 Å². The van der Waals surface area contributed by atoms with Gasteiger partial charge in [-0.2, -0.15) is 0 Å². The number of unbranched alkanes of at least 4 members (excludes halogenated alkanes) is 1. The number of benzene rings is 4. The van der Waals surface area contributed by atoms with Gasteiger partial charge in [-0.25, -0.2) is 9.59 Å². The maximum Gasteiger partial charge on any atom is 0.411 e. The van der Waals surface area contributed by atoms with Crippen molar-refractivity contribution in [3.63, 3.8) is 0 Å². The average Bonchev–Trinajstić information content (AvgIpc) is 3.43. The van der Waals surface area contributed by atoms with Gasteiger partial charge in [-0.15, -0.1) is 0 Å². The first kappa shape index (κ1) is 63.7. The number of ether oxygens (including phenoxy) is 1. The number of hydrogen-bond acceptors (Lipinski definition) is 9. The fourth-order valence-corrected chi connectivity index (χ4v) is 9.38. The number of para-hydroxylation sites is 1. The van der Waals surface area contributed by atoms with Crippen molar-refractivity contribution in [2.75, 3.05) is 22.6 Å². The molecule has 0 spiro atoms. The van der Waals surface area contributed by atoms with Crippen LogP contribution in [0.5, 0.6) is 0 Å². The van der Waals surface area contributed by atoms with Crippen molar-refractivity contribution >= 4 is 76.7 Å². The number of carbonyl (C=O) groups excluding carboxylic acids is 7. The zero-order valence-corrected chi connectivity index (χ0v) is 49.3. The Labute approximate surface area is 477 Å². The number of rotatable bonds is 23. The van der Waals surface area contributed by atoms with Gasteiger partial charge < -0.3 is 40.9 Å². The monoisotopic (exact) mass is 1110 g/mol. The van der Waals surface area contributed by atoms with E-state index in [-0.39, 0.29) is 60.5 Å². The second-order valence-electron chi connectivity index (χ2n) is 23.4. The first-order valence-electron chi connectivity index (χ1n) is 27.8. The number of nitrogens with zero attached hydrogens (tertiary/aromatic N) is 2. The Balaban J connectivity index is 1.07. The minimum atomic E-state index is -1.07. The van der Waals surface area contributed by atoms with Crippen molar-refractivity contribution in [3.05, 3.63) is 137 Å². The lowest BCUT2D eigenvalue weighted by molar-refractivity contribution is -0.141. The summed E-state index contributed by atoms with van der Waals surface area (Å²) in [6.07, 6.45) is 6.20. The van der Waals surface area contributed by atoms with Crippen LogP contribution in [0.3, 0.4) is 0 Å². The minimum Gasteiger partial charge on any atom is -0.478 e. The van der Waals surface area contributed by atoms with Gasteiger partial charge in [0.25, 0.3) is 0 Å². The van der Waals surface area contributed by atoms with Crippen LogP contribution in [-0.4, -0.2) is 88.7 Å². The first-order valence-corrected chi connectivity index (χ1v) is 27.8. The third-order valence-corrected chi connectivity index (χ3v) is 15.0. The molecule has 0 bridgehead atoms. The Morgan fingerprint density at radius 3 is 1.96 bits per heavy atom. The van der Waals surface area contributed by atoms with E-state index >= 15 is 0 Å². The van der Waals surface area contributed by atoms with Crippen LogP contribution in [0.25, 0.3) is 12.2 Å². The minimum absolute atomic E-state index is 0.0422. The maximum absolute atomic E-state index is 14.1. The van der Waals surface area contributed by atoms with Crippen LogP contribution in [0.15, 0.2) is 109 Å². The molecule has 434 valence electrons. The molecule has 81 heavy (non-hydrogen) atoms. The standard InChI is InChI=1S/C64H83N7O10/c1-39(2)52(35-41(5)61(78)79)70(13)60(77)56(63(8,9)10)69-57(74)42(6)64(11,12)48-24-20-25-50(36-48)67-62(80)81-38-44-29-33-49(34-30-44)66-58(75)43(7)65-59(76)55(40(3)4)68-53(72)27-18-19-28-54(73)71-37-47-23-15-14-21-45(47)31-32-46-22-16-17-26-51(46)71/h14-17,20-26,29-36,39-40,42-43,52,55-56H,18-19,27-28,37-38H2,1-13H3,(H,65,76)(H,66,75)(H,67,80)(H,68,72)(H,69,74)(H,78,79)/b32-31-,41-35+/t42-,43-,52+,55-,56+/m0/s1. The maximum atomic E-state index is 14.1. The van der Waals surface area contributed by atoms with Crippen molar-refractivity contribution in [3.8, 4) is 0 Å². The highest BCUT2D eigenvalue weighted by Gasteiger charge is 2.41. The van der Waals surface area contributed by atoms with E-state index in [0.717, 1.165) is 27.9 Å². The second kappa shape index (κ2) is 28.4. The number of likely N-dealkylation sites (N-methyl/N-ethyl adjacent to an activating group) is 1. The van der Waals surface area contributed by atoms with E-state index in [4.69, 9.17) is 4.74 Å². The smallest absolute Gasteiger partial charge is 0.411 e. The highest BCUT2D eigenvalue weighted by atomic mass is 16.5. The lowest BCUT2D eigenvalue weighted by Crippen LogP contribution is -2.58. The molecule has 6 N–H and O–H groups in total. The average molecular weight is 1110 g/mol. The summed E-state index contributed by atoms with van der Waals surface area (Å²) in [5.41, 5.74) is 4.78. The molecule has 0 aromatic heterocycles. The number of fused-ring (bicyclic) bond motifs is 2. The van der Waals surface area contributed by atoms with E-state index in [1.165, 1.54) is 11.8 Å². The van der Waals surface area contributed by atoms with E-state index < -0.39 is 64.8 Å². The number of nitrogens with one attached hydrogen (secondary N) is 5. The van der Waals surface area contributed by atoms with Crippen molar-refractivity contribution in [2.24, 2.45) is 23.2 Å². The topological polar surface area (TPSA) is 233 Å². The van der Waals surface area contributed by atoms with Crippen molar-refractivity contribution in [1.29, 1.82) is 0 Å². The Hall–Kier alpha value is -8.08. The van der Waals surface area contributed by atoms with E-state index in [1.54, 1.807) is 88.2 Å². The largest absolute Gasteiger partial charge is 0.478 e. The third-order valence-electron chi connectivity index (χ3n) is 15.0. The molecule has 4 aromatic carbocycles. The highest BCUT2D eigenvalue weighted by Crippen LogP contribution is 2.35. The highest BCUT2D eigenvalue weighted by molar-refractivity contribution is 5.99. The predicted molar refractivity (Wildman–Crippen MR) is 318 cm³/mol. The lowest BCUT2D eigenvalue weighted by Gasteiger charge is -2.39. The van der Waals surface area contributed by atoms with E-state index in [1.807, 2.05) is 109 Å². The van der Waals surface area contributed by atoms with Crippen LogP contribution >= 0.6 is 0 Å². The van der Waals surface area contributed by atoms with Crippen molar-refractivity contribution in [1.82, 2.24) is 20.9 Å². The van der Waals surface area contributed by atoms with E-state index in [9.17, 15) is 43.5 Å². The van der Waals surface area contributed by atoms with E-state index in [0.29, 0.717) is 36.3 Å². The number of hydrogen-bond donors (Lipinski definition) is 6. The summed E-state index contributed by atoms with van der Waals surface area (Å²) in [6, 6.07) is 26.2. The van der Waals surface area contributed by atoms with Gasteiger partial charge in [-0.05, 0) is 102 Å². The third kappa shape index (κ3) is 17.7. The molecule has 5 atom stereocenters. The van der Waals surface area contributed by atoms with E-state index in [2.05, 4.69) is 32.7 Å². The van der Waals surface area contributed by atoms with Crippen molar-refractivity contribution in [2.45, 2.75) is 152 Å². The molecule has 0 saturated carbocycles. The molecule has 0 fully saturated rings. The molecular weight excluding hydrogens is 1030 g/mol. The summed E-state index contributed by atoms with van der Waals surface area (Å²) in [4.78, 5) is 109. The second-order valence-corrected chi connectivity index (χ2v) is 23.4. The number of aliphatic carboxylic acids is 1. The van der Waals surface area contributed by atoms with Gasteiger partial charge in [0.05, 0.1) is 18.3 Å². The quantitative estimate of drug-likeness (QED) is 0.0304. The molecular formula is C64H83N7O10. The number of anilines is 3. The Morgan fingerprint density at radius 1 is 0.691 bits per heavy atom. The zero-order chi connectivity index (χ0) is 59.9. The molecule has 0 radical (unpaired) electrons. The Morgan fingerprint density at radius 2 is 1.32 bits per heavy atom. The summed E-state index contributed by atoms with van der Waals surface area (Å²) < 4.78 is 5.52. The molecule has 0 unspecified atom stereocenters.